The van der Waals surface area contributed by atoms with Gasteiger partial charge in [0.15, 0.2) is 0 Å². The molecule has 0 aromatic heterocycles. The lowest BCUT2D eigenvalue weighted by atomic mass is 10.0. The number of ether oxygens (including phenoxy) is 1. The second-order valence-electron chi connectivity index (χ2n) is 7.46. The number of halogens is 2. The van der Waals surface area contributed by atoms with Gasteiger partial charge < -0.3 is 10.1 Å². The second kappa shape index (κ2) is 9.60. The summed E-state index contributed by atoms with van der Waals surface area (Å²) in [6.07, 6.45) is 0.665. The molecule has 6 nitrogen and oxygen atoms in total. The van der Waals surface area contributed by atoms with Gasteiger partial charge in [-0.3, -0.25) is 19.4 Å². The predicted molar refractivity (Wildman–Crippen MR) is 117 cm³/mol. The van der Waals surface area contributed by atoms with Crippen molar-refractivity contribution in [2.45, 2.75) is 6.42 Å². The van der Waals surface area contributed by atoms with Gasteiger partial charge in [0.05, 0.1) is 18.8 Å². The summed E-state index contributed by atoms with van der Waals surface area (Å²) in [5.74, 6) is -1.22. The van der Waals surface area contributed by atoms with E-state index in [9.17, 15) is 14.0 Å². The number of rotatable bonds is 7. The van der Waals surface area contributed by atoms with Gasteiger partial charge in [0.2, 0.25) is 0 Å². The quantitative estimate of drug-likeness (QED) is 0.665. The molecule has 1 fully saturated rings. The SMILES string of the molecule is O=C1C(Nc2cccc(F)c2)=C(c2ccc(Cl)cc2)C(=O)N1CCCN1CCOCC1. The number of nitrogens with one attached hydrogen (secondary N) is 1. The number of hydrogen-bond donors (Lipinski definition) is 1. The third-order valence-electron chi connectivity index (χ3n) is 5.35. The summed E-state index contributed by atoms with van der Waals surface area (Å²) in [5.41, 5.74) is 1.39. The molecule has 31 heavy (non-hydrogen) atoms. The van der Waals surface area contributed by atoms with Gasteiger partial charge >= 0.3 is 0 Å². The Morgan fingerprint density at radius 2 is 1.74 bits per heavy atom. The molecule has 0 unspecified atom stereocenters. The number of amides is 2. The fourth-order valence-corrected chi connectivity index (χ4v) is 3.89. The van der Waals surface area contributed by atoms with Crippen LogP contribution in [0, 0.1) is 5.82 Å². The Hall–Kier alpha value is -2.74. The van der Waals surface area contributed by atoms with Gasteiger partial charge in [0.25, 0.3) is 11.8 Å². The zero-order valence-electron chi connectivity index (χ0n) is 16.9. The lowest BCUT2D eigenvalue weighted by molar-refractivity contribution is -0.136. The number of nitrogens with zero attached hydrogens (tertiary/aromatic N) is 2. The summed E-state index contributed by atoms with van der Waals surface area (Å²) in [6, 6.07) is 12.5. The zero-order valence-corrected chi connectivity index (χ0v) is 17.7. The molecule has 2 heterocycles. The van der Waals surface area contributed by atoms with Crippen molar-refractivity contribution in [1.29, 1.82) is 0 Å². The first-order valence-electron chi connectivity index (χ1n) is 10.2. The fourth-order valence-electron chi connectivity index (χ4n) is 3.77. The number of carbonyl (C=O) groups excluding carboxylic acids is 2. The van der Waals surface area contributed by atoms with E-state index < -0.39 is 11.7 Å². The Balaban J connectivity index is 1.56. The topological polar surface area (TPSA) is 61.9 Å². The highest BCUT2D eigenvalue weighted by atomic mass is 35.5. The van der Waals surface area contributed by atoms with Crippen molar-refractivity contribution in [2.24, 2.45) is 0 Å². The molecule has 2 aromatic carbocycles. The highest BCUT2D eigenvalue weighted by Gasteiger charge is 2.39. The molecule has 0 aliphatic carbocycles. The van der Waals surface area contributed by atoms with Crippen molar-refractivity contribution in [1.82, 2.24) is 9.80 Å². The minimum atomic E-state index is -0.433. The monoisotopic (exact) mass is 443 g/mol. The van der Waals surface area contributed by atoms with Crippen LogP contribution in [0.2, 0.25) is 5.02 Å². The van der Waals surface area contributed by atoms with Crippen LogP contribution >= 0.6 is 11.6 Å². The van der Waals surface area contributed by atoms with Crippen LogP contribution in [-0.4, -0.2) is 61.0 Å². The largest absolute Gasteiger partial charge is 0.379 e. The molecule has 1 saturated heterocycles. The molecule has 4 rings (SSSR count). The number of morpholine rings is 1. The van der Waals surface area contributed by atoms with E-state index in [1.54, 1.807) is 36.4 Å². The van der Waals surface area contributed by atoms with E-state index in [-0.39, 0.29) is 17.2 Å². The molecular formula is C23H23ClFN3O3. The second-order valence-corrected chi connectivity index (χ2v) is 7.90. The maximum Gasteiger partial charge on any atom is 0.278 e. The summed E-state index contributed by atoms with van der Waals surface area (Å²) in [6.45, 7) is 4.19. The molecular weight excluding hydrogens is 421 g/mol. The van der Waals surface area contributed by atoms with Crippen molar-refractivity contribution in [3.63, 3.8) is 0 Å². The molecule has 2 aliphatic rings. The van der Waals surface area contributed by atoms with Crippen LogP contribution in [0.25, 0.3) is 5.57 Å². The smallest absolute Gasteiger partial charge is 0.278 e. The van der Waals surface area contributed by atoms with Crippen LogP contribution < -0.4 is 5.32 Å². The van der Waals surface area contributed by atoms with Crippen LogP contribution in [0.15, 0.2) is 54.2 Å². The van der Waals surface area contributed by atoms with Crippen molar-refractivity contribution < 1.29 is 18.7 Å². The Labute approximate surface area is 185 Å². The van der Waals surface area contributed by atoms with E-state index in [0.29, 0.717) is 42.5 Å². The van der Waals surface area contributed by atoms with Crippen LogP contribution in [0.1, 0.15) is 12.0 Å². The highest BCUT2D eigenvalue weighted by molar-refractivity contribution is 6.36. The van der Waals surface area contributed by atoms with Gasteiger partial charge in [-0.2, -0.15) is 0 Å². The summed E-state index contributed by atoms with van der Waals surface area (Å²) in [5, 5.41) is 3.49. The van der Waals surface area contributed by atoms with Gasteiger partial charge in [-0.15, -0.1) is 0 Å². The standard InChI is InChI=1S/C23H23ClFN3O3/c24-17-7-5-16(6-8-17)20-21(26-19-4-1-3-18(25)15-19)23(30)28(22(20)29)10-2-9-27-11-13-31-14-12-27/h1,3-8,15,26H,2,9-14H2. The lowest BCUT2D eigenvalue weighted by Crippen LogP contribution is -2.39. The molecule has 0 radical (unpaired) electrons. The zero-order chi connectivity index (χ0) is 21.8. The molecule has 0 atom stereocenters. The molecule has 0 saturated carbocycles. The Kier molecular flexibility index (Phi) is 6.65. The fraction of sp³-hybridized carbons (Fsp3) is 0.304. The van der Waals surface area contributed by atoms with Crippen LogP contribution in [-0.2, 0) is 14.3 Å². The predicted octanol–water partition coefficient (Wildman–Crippen LogP) is 3.39. The van der Waals surface area contributed by atoms with Crippen molar-refractivity contribution in [3.05, 3.63) is 70.6 Å². The van der Waals surface area contributed by atoms with Gasteiger partial charge in [-0.05, 0) is 42.3 Å². The first kappa shape index (κ1) is 21.5. The number of anilines is 1. The number of imide groups is 1. The third-order valence-corrected chi connectivity index (χ3v) is 5.61. The van der Waals surface area contributed by atoms with Crippen LogP contribution in [0.3, 0.4) is 0 Å². The molecule has 2 aromatic rings. The Morgan fingerprint density at radius 3 is 2.45 bits per heavy atom. The van der Waals surface area contributed by atoms with Crippen molar-refractivity contribution in [2.75, 3.05) is 44.7 Å². The summed E-state index contributed by atoms with van der Waals surface area (Å²) >= 11 is 5.99. The lowest BCUT2D eigenvalue weighted by Gasteiger charge is -2.27. The van der Waals surface area contributed by atoms with E-state index in [1.165, 1.54) is 17.0 Å². The van der Waals surface area contributed by atoms with Gasteiger partial charge in [-0.1, -0.05) is 29.8 Å². The third kappa shape index (κ3) is 4.95. The van der Waals surface area contributed by atoms with E-state index in [2.05, 4.69) is 10.2 Å². The average Bonchev–Trinajstić information content (AvgIpc) is 2.99. The molecule has 0 bridgehead atoms. The number of benzene rings is 2. The average molecular weight is 444 g/mol. The normalized spacial score (nSPS) is 17.5. The molecule has 8 heteroatoms. The Morgan fingerprint density at radius 1 is 1.00 bits per heavy atom. The van der Waals surface area contributed by atoms with E-state index in [0.717, 1.165) is 19.6 Å². The number of hydrogen-bond acceptors (Lipinski definition) is 5. The Bertz CT molecular complexity index is 1000. The van der Waals surface area contributed by atoms with Crippen molar-refractivity contribution in [3.8, 4) is 0 Å². The van der Waals surface area contributed by atoms with Crippen LogP contribution in [0.5, 0.6) is 0 Å². The minimum absolute atomic E-state index is 0.143. The number of carbonyl (C=O) groups is 2. The summed E-state index contributed by atoms with van der Waals surface area (Å²) in [4.78, 5) is 29.9. The van der Waals surface area contributed by atoms with Gasteiger partial charge in [0.1, 0.15) is 11.5 Å². The van der Waals surface area contributed by atoms with Gasteiger partial charge in [0, 0.05) is 36.9 Å². The first-order chi connectivity index (χ1) is 15.0. The molecule has 1 N–H and O–H groups in total. The van der Waals surface area contributed by atoms with Gasteiger partial charge in [-0.25, -0.2) is 4.39 Å². The molecule has 162 valence electrons. The minimum Gasteiger partial charge on any atom is -0.379 e. The highest BCUT2D eigenvalue weighted by Crippen LogP contribution is 2.31. The molecule has 0 spiro atoms. The molecule has 2 amide bonds. The van der Waals surface area contributed by atoms with Crippen molar-refractivity contribution >= 4 is 34.7 Å². The maximum absolute atomic E-state index is 13.7. The summed E-state index contributed by atoms with van der Waals surface area (Å²) in [7, 11) is 0. The maximum atomic E-state index is 13.7. The molecule has 2 aliphatic heterocycles. The first-order valence-corrected chi connectivity index (χ1v) is 10.6. The van der Waals surface area contributed by atoms with E-state index in [1.807, 2.05) is 0 Å². The van der Waals surface area contributed by atoms with E-state index in [4.69, 9.17) is 16.3 Å². The van der Waals surface area contributed by atoms with E-state index >= 15 is 0 Å². The van der Waals surface area contributed by atoms with Crippen LogP contribution in [0.4, 0.5) is 10.1 Å². The summed E-state index contributed by atoms with van der Waals surface area (Å²) < 4.78 is 19.0.